The zero-order valence-electron chi connectivity index (χ0n) is 12.9. The van der Waals surface area contributed by atoms with Crippen LogP contribution < -0.4 is 5.32 Å². The second kappa shape index (κ2) is 5.87. The Bertz CT molecular complexity index is 644. The van der Waals surface area contributed by atoms with E-state index in [4.69, 9.17) is 9.52 Å². The Morgan fingerprint density at radius 3 is 2.67 bits per heavy atom. The van der Waals surface area contributed by atoms with Gasteiger partial charge in [0, 0.05) is 24.0 Å². The van der Waals surface area contributed by atoms with Crippen molar-refractivity contribution in [3.05, 3.63) is 35.6 Å². The first-order chi connectivity index (χ1) is 9.79. The molecule has 1 aromatic heterocycles. The van der Waals surface area contributed by atoms with Crippen LogP contribution >= 0.6 is 0 Å². The molecular formula is C16H22N2O3. The van der Waals surface area contributed by atoms with E-state index in [-0.39, 0.29) is 11.3 Å². The standard InChI is InChI=1S/C16H22N2O3/c1-16(2,18(3)4)10-17-9-11-5-6-13-12(7-11)8-14(21-13)15(19)20/h5-8,17H,9-10H2,1-4H3,(H,19,20). The maximum Gasteiger partial charge on any atom is 0.371 e. The van der Waals surface area contributed by atoms with Crippen molar-refractivity contribution in [3.8, 4) is 0 Å². The van der Waals surface area contributed by atoms with Crippen molar-refractivity contribution in [3.63, 3.8) is 0 Å². The van der Waals surface area contributed by atoms with Gasteiger partial charge in [-0.05, 0) is 51.7 Å². The van der Waals surface area contributed by atoms with Crippen molar-refractivity contribution in [1.29, 1.82) is 0 Å². The molecule has 0 saturated heterocycles. The molecule has 0 bridgehead atoms. The summed E-state index contributed by atoms with van der Waals surface area (Å²) in [7, 11) is 4.12. The minimum absolute atomic E-state index is 0.0242. The lowest BCUT2D eigenvalue weighted by Crippen LogP contribution is -2.46. The van der Waals surface area contributed by atoms with Gasteiger partial charge in [0.2, 0.25) is 5.76 Å². The van der Waals surface area contributed by atoms with Crippen LogP contribution in [0.2, 0.25) is 0 Å². The summed E-state index contributed by atoms with van der Waals surface area (Å²) in [6.07, 6.45) is 0. The van der Waals surface area contributed by atoms with Gasteiger partial charge in [-0.3, -0.25) is 0 Å². The molecule has 0 spiro atoms. The Balaban J connectivity index is 2.04. The number of fused-ring (bicyclic) bond motifs is 1. The van der Waals surface area contributed by atoms with E-state index in [9.17, 15) is 4.79 Å². The number of carboxylic acids is 1. The topological polar surface area (TPSA) is 65.7 Å². The first-order valence-corrected chi connectivity index (χ1v) is 6.93. The molecule has 0 aliphatic rings. The Morgan fingerprint density at radius 1 is 1.33 bits per heavy atom. The largest absolute Gasteiger partial charge is 0.475 e. The van der Waals surface area contributed by atoms with Crippen LogP contribution in [-0.2, 0) is 6.54 Å². The highest BCUT2D eigenvalue weighted by atomic mass is 16.4. The molecule has 114 valence electrons. The number of benzene rings is 1. The lowest BCUT2D eigenvalue weighted by atomic mass is 10.0. The molecule has 0 atom stereocenters. The van der Waals surface area contributed by atoms with E-state index in [1.165, 1.54) is 0 Å². The zero-order chi connectivity index (χ0) is 15.6. The highest BCUT2D eigenvalue weighted by molar-refractivity contribution is 5.91. The molecule has 0 radical (unpaired) electrons. The van der Waals surface area contributed by atoms with Crippen molar-refractivity contribution in [2.45, 2.75) is 25.9 Å². The molecule has 5 heteroatoms. The molecule has 0 unspecified atom stereocenters. The summed E-state index contributed by atoms with van der Waals surface area (Å²) in [6.45, 7) is 5.96. The number of carboxylic acid groups (broad SMARTS) is 1. The number of furan rings is 1. The van der Waals surface area contributed by atoms with Crippen LogP contribution in [0.5, 0.6) is 0 Å². The van der Waals surface area contributed by atoms with Gasteiger partial charge in [0.1, 0.15) is 5.58 Å². The van der Waals surface area contributed by atoms with Crippen LogP contribution in [-0.4, -0.2) is 42.2 Å². The molecule has 0 aliphatic heterocycles. The van der Waals surface area contributed by atoms with Crippen LogP contribution in [0.1, 0.15) is 30.0 Å². The summed E-state index contributed by atoms with van der Waals surface area (Å²) < 4.78 is 5.25. The van der Waals surface area contributed by atoms with Gasteiger partial charge in [0.05, 0.1) is 0 Å². The average molecular weight is 290 g/mol. The molecule has 1 heterocycles. The number of nitrogens with one attached hydrogen (secondary N) is 1. The van der Waals surface area contributed by atoms with Crippen LogP contribution in [0.3, 0.4) is 0 Å². The second-order valence-electron chi connectivity index (χ2n) is 6.10. The molecule has 0 saturated carbocycles. The van der Waals surface area contributed by atoms with Crippen LogP contribution in [0, 0.1) is 0 Å². The summed E-state index contributed by atoms with van der Waals surface area (Å²) in [5.41, 5.74) is 1.79. The first kappa shape index (κ1) is 15.5. The molecule has 2 N–H and O–H groups in total. The van der Waals surface area contributed by atoms with Gasteiger partial charge < -0.3 is 19.7 Å². The molecule has 2 aromatic rings. The molecule has 0 amide bonds. The smallest absolute Gasteiger partial charge is 0.371 e. The Kier molecular flexibility index (Phi) is 4.34. The van der Waals surface area contributed by atoms with Crippen molar-refractivity contribution in [2.75, 3.05) is 20.6 Å². The van der Waals surface area contributed by atoms with Gasteiger partial charge in [0.25, 0.3) is 0 Å². The molecule has 21 heavy (non-hydrogen) atoms. The number of hydrogen-bond donors (Lipinski definition) is 2. The summed E-state index contributed by atoms with van der Waals surface area (Å²) in [6, 6.07) is 7.29. The van der Waals surface area contributed by atoms with Gasteiger partial charge in [0.15, 0.2) is 0 Å². The molecule has 1 aromatic carbocycles. The SMILES string of the molecule is CN(C)C(C)(C)CNCc1ccc2oc(C(=O)O)cc2c1. The monoisotopic (exact) mass is 290 g/mol. The summed E-state index contributed by atoms with van der Waals surface area (Å²) in [5, 5.41) is 13.2. The predicted octanol–water partition coefficient (Wildman–Crippen LogP) is 2.56. The van der Waals surface area contributed by atoms with Crippen molar-refractivity contribution < 1.29 is 14.3 Å². The minimum atomic E-state index is -1.04. The van der Waals surface area contributed by atoms with E-state index in [1.807, 2.05) is 18.2 Å². The highest BCUT2D eigenvalue weighted by Crippen LogP contribution is 2.21. The summed E-state index contributed by atoms with van der Waals surface area (Å²) in [4.78, 5) is 13.1. The van der Waals surface area contributed by atoms with Crippen LogP contribution in [0.25, 0.3) is 11.0 Å². The summed E-state index contributed by atoms with van der Waals surface area (Å²) >= 11 is 0. The van der Waals surface area contributed by atoms with Gasteiger partial charge >= 0.3 is 5.97 Å². The number of aromatic carboxylic acids is 1. The van der Waals surface area contributed by atoms with E-state index in [0.717, 1.165) is 24.0 Å². The highest BCUT2D eigenvalue weighted by Gasteiger charge is 2.19. The third kappa shape index (κ3) is 3.62. The lowest BCUT2D eigenvalue weighted by molar-refractivity contribution is 0.0665. The van der Waals surface area contributed by atoms with E-state index >= 15 is 0 Å². The average Bonchev–Trinajstić information content (AvgIpc) is 2.81. The molecule has 5 nitrogen and oxygen atoms in total. The Hall–Kier alpha value is -1.85. The van der Waals surface area contributed by atoms with E-state index in [2.05, 4.69) is 38.2 Å². The van der Waals surface area contributed by atoms with Gasteiger partial charge in [-0.1, -0.05) is 6.07 Å². The maximum atomic E-state index is 10.9. The van der Waals surface area contributed by atoms with Gasteiger partial charge in [-0.25, -0.2) is 4.79 Å². The van der Waals surface area contributed by atoms with Crippen LogP contribution in [0.15, 0.2) is 28.7 Å². The maximum absolute atomic E-state index is 10.9. The Morgan fingerprint density at radius 2 is 2.05 bits per heavy atom. The third-order valence-corrected chi connectivity index (χ3v) is 3.89. The molecule has 0 fully saturated rings. The molecular weight excluding hydrogens is 268 g/mol. The predicted molar refractivity (Wildman–Crippen MR) is 82.6 cm³/mol. The number of nitrogens with zero attached hydrogens (tertiary/aromatic N) is 1. The first-order valence-electron chi connectivity index (χ1n) is 6.93. The van der Waals surface area contributed by atoms with E-state index < -0.39 is 5.97 Å². The zero-order valence-corrected chi connectivity index (χ0v) is 12.9. The number of rotatable bonds is 6. The fraction of sp³-hybridized carbons (Fsp3) is 0.438. The van der Waals surface area contributed by atoms with Crippen molar-refractivity contribution in [2.24, 2.45) is 0 Å². The van der Waals surface area contributed by atoms with E-state index in [0.29, 0.717) is 5.58 Å². The van der Waals surface area contributed by atoms with Gasteiger partial charge in [-0.2, -0.15) is 0 Å². The number of likely N-dealkylation sites (N-methyl/N-ethyl adjacent to an activating group) is 1. The quantitative estimate of drug-likeness (QED) is 0.856. The van der Waals surface area contributed by atoms with Crippen molar-refractivity contribution in [1.82, 2.24) is 10.2 Å². The summed E-state index contributed by atoms with van der Waals surface area (Å²) in [5.74, 6) is -1.07. The number of hydrogen-bond acceptors (Lipinski definition) is 4. The number of carbonyl (C=O) groups is 1. The Labute approximate surface area is 124 Å². The van der Waals surface area contributed by atoms with E-state index in [1.54, 1.807) is 6.07 Å². The second-order valence-corrected chi connectivity index (χ2v) is 6.10. The fourth-order valence-electron chi connectivity index (χ4n) is 1.98. The molecule has 2 rings (SSSR count). The fourth-order valence-corrected chi connectivity index (χ4v) is 1.98. The van der Waals surface area contributed by atoms with Gasteiger partial charge in [-0.15, -0.1) is 0 Å². The normalized spacial score (nSPS) is 12.2. The minimum Gasteiger partial charge on any atom is -0.475 e. The lowest BCUT2D eigenvalue weighted by Gasteiger charge is -2.32. The molecule has 0 aliphatic carbocycles. The van der Waals surface area contributed by atoms with Crippen molar-refractivity contribution >= 4 is 16.9 Å². The third-order valence-electron chi connectivity index (χ3n) is 3.89. The van der Waals surface area contributed by atoms with Crippen LogP contribution in [0.4, 0.5) is 0 Å².